The molecule has 1 aromatic heterocycles. The van der Waals surface area contributed by atoms with Crippen molar-refractivity contribution in [1.82, 2.24) is 5.16 Å². The second kappa shape index (κ2) is 7.30. The molecular formula is C25H24N2O4. The molecule has 2 heterocycles. The number of phenolic OH excluding ortho intramolecular Hbond substituents is 1. The Bertz CT molecular complexity index is 1220. The summed E-state index contributed by atoms with van der Waals surface area (Å²) in [5.41, 5.74) is 6.60. The number of benzene rings is 2. The normalized spacial score (nSPS) is 20.2. The van der Waals surface area contributed by atoms with E-state index < -0.39 is 0 Å². The molecule has 0 radical (unpaired) electrons. The van der Waals surface area contributed by atoms with Crippen LogP contribution < -0.4 is 10.1 Å². The molecular weight excluding hydrogens is 392 g/mol. The Kier molecular flexibility index (Phi) is 4.58. The summed E-state index contributed by atoms with van der Waals surface area (Å²) >= 11 is 0. The van der Waals surface area contributed by atoms with Crippen molar-refractivity contribution in [2.75, 3.05) is 12.4 Å². The molecule has 158 valence electrons. The first-order valence-electron chi connectivity index (χ1n) is 10.4. The van der Waals surface area contributed by atoms with Gasteiger partial charge in [-0.25, -0.2) is 0 Å². The topological polar surface area (TPSA) is 84.6 Å². The van der Waals surface area contributed by atoms with E-state index in [1.807, 2.05) is 31.2 Å². The summed E-state index contributed by atoms with van der Waals surface area (Å²) in [7, 11) is 1.52. The third-order valence-corrected chi connectivity index (χ3v) is 6.43. The SMILES string of the molecule is COc1cc([C@@H]2CC(=O)C3=C(C2)Nc2onc(C)c2[C@@H]3c2ccccc2C)ccc1O. The Morgan fingerprint density at radius 2 is 1.97 bits per heavy atom. The molecule has 6 heteroatoms. The third kappa shape index (κ3) is 3.10. The molecule has 0 amide bonds. The standard InChI is InChI=1S/C25H24N2O4/c1-13-6-4-5-7-17(13)23-22-14(2)27-31-25(22)26-18-10-16(11-20(29)24(18)23)15-8-9-19(28)21(12-15)30-3/h4-9,12,16,23,26,28H,10-11H2,1-3H3/t16-,23-/m0/s1. The van der Waals surface area contributed by atoms with Crippen molar-refractivity contribution in [1.29, 1.82) is 0 Å². The molecule has 2 aromatic carbocycles. The Hall–Kier alpha value is -3.54. The van der Waals surface area contributed by atoms with E-state index in [2.05, 4.69) is 29.5 Å². The predicted molar refractivity (Wildman–Crippen MR) is 117 cm³/mol. The van der Waals surface area contributed by atoms with Crippen molar-refractivity contribution in [3.05, 3.63) is 81.7 Å². The number of nitrogens with one attached hydrogen (secondary N) is 1. The van der Waals surface area contributed by atoms with Crippen molar-refractivity contribution in [2.45, 2.75) is 38.5 Å². The number of rotatable bonds is 3. The molecule has 3 aromatic rings. The molecule has 1 aliphatic carbocycles. The number of aryl methyl sites for hydroxylation is 2. The van der Waals surface area contributed by atoms with E-state index in [9.17, 15) is 9.90 Å². The first-order valence-corrected chi connectivity index (χ1v) is 10.4. The summed E-state index contributed by atoms with van der Waals surface area (Å²) in [5, 5.41) is 17.5. The fourth-order valence-electron chi connectivity index (χ4n) is 4.88. The molecule has 6 nitrogen and oxygen atoms in total. The van der Waals surface area contributed by atoms with Gasteiger partial charge < -0.3 is 19.7 Å². The molecule has 5 rings (SSSR count). The Morgan fingerprint density at radius 1 is 1.16 bits per heavy atom. The van der Waals surface area contributed by atoms with Gasteiger partial charge in [0.25, 0.3) is 0 Å². The molecule has 0 saturated heterocycles. The number of ether oxygens (including phenoxy) is 1. The van der Waals surface area contributed by atoms with Gasteiger partial charge in [-0.2, -0.15) is 0 Å². The number of nitrogens with zero attached hydrogens (tertiary/aromatic N) is 1. The van der Waals surface area contributed by atoms with Crippen LogP contribution in [0.25, 0.3) is 0 Å². The van der Waals surface area contributed by atoms with Crippen LogP contribution in [0.4, 0.5) is 5.88 Å². The average molecular weight is 416 g/mol. The lowest BCUT2D eigenvalue weighted by molar-refractivity contribution is -0.116. The monoisotopic (exact) mass is 416 g/mol. The maximum absolute atomic E-state index is 13.5. The van der Waals surface area contributed by atoms with Crippen LogP contribution >= 0.6 is 0 Å². The van der Waals surface area contributed by atoms with Crippen LogP contribution in [0.1, 0.15) is 52.6 Å². The number of aromatic hydroxyl groups is 1. The number of carbonyl (C=O) groups is 1. The number of fused-ring (bicyclic) bond motifs is 1. The summed E-state index contributed by atoms with van der Waals surface area (Å²) in [4.78, 5) is 13.5. The van der Waals surface area contributed by atoms with Crippen molar-refractivity contribution >= 4 is 11.7 Å². The fraction of sp³-hybridized carbons (Fsp3) is 0.280. The maximum Gasteiger partial charge on any atom is 0.233 e. The zero-order chi connectivity index (χ0) is 21.7. The predicted octanol–water partition coefficient (Wildman–Crippen LogP) is 4.96. The quantitative estimate of drug-likeness (QED) is 0.628. The molecule has 2 aliphatic rings. The molecule has 31 heavy (non-hydrogen) atoms. The zero-order valence-electron chi connectivity index (χ0n) is 17.7. The third-order valence-electron chi connectivity index (χ3n) is 6.43. The van der Waals surface area contributed by atoms with Gasteiger partial charge in [-0.15, -0.1) is 0 Å². The number of hydrogen-bond acceptors (Lipinski definition) is 6. The fourth-order valence-corrected chi connectivity index (χ4v) is 4.88. The Morgan fingerprint density at radius 3 is 2.74 bits per heavy atom. The maximum atomic E-state index is 13.5. The first-order chi connectivity index (χ1) is 15.0. The lowest BCUT2D eigenvalue weighted by Crippen LogP contribution is -2.29. The van der Waals surface area contributed by atoms with Crippen molar-refractivity contribution in [3.63, 3.8) is 0 Å². The number of anilines is 1. The molecule has 0 fully saturated rings. The highest BCUT2D eigenvalue weighted by Gasteiger charge is 2.41. The summed E-state index contributed by atoms with van der Waals surface area (Å²) < 4.78 is 10.9. The average Bonchev–Trinajstić information content (AvgIpc) is 3.13. The molecule has 0 unspecified atom stereocenters. The van der Waals surface area contributed by atoms with E-state index in [0.717, 1.165) is 39.2 Å². The molecule has 0 saturated carbocycles. The van der Waals surface area contributed by atoms with Crippen LogP contribution in [-0.4, -0.2) is 23.2 Å². The van der Waals surface area contributed by atoms with Gasteiger partial charge in [0.2, 0.25) is 5.88 Å². The smallest absolute Gasteiger partial charge is 0.233 e. The van der Waals surface area contributed by atoms with Gasteiger partial charge in [0.05, 0.1) is 18.4 Å². The number of carbonyl (C=O) groups excluding carboxylic acids is 1. The van der Waals surface area contributed by atoms with Crippen molar-refractivity contribution in [2.24, 2.45) is 0 Å². The number of Topliss-reactive ketones (excluding diaryl/α,β-unsaturated/α-hetero) is 1. The van der Waals surface area contributed by atoms with E-state index in [0.29, 0.717) is 24.5 Å². The highest BCUT2D eigenvalue weighted by atomic mass is 16.5. The number of phenols is 1. The van der Waals surface area contributed by atoms with E-state index in [-0.39, 0.29) is 23.4 Å². The van der Waals surface area contributed by atoms with Crippen LogP contribution in [0, 0.1) is 13.8 Å². The zero-order valence-corrected chi connectivity index (χ0v) is 17.7. The molecule has 0 bridgehead atoms. The highest BCUT2D eigenvalue weighted by Crippen LogP contribution is 2.49. The van der Waals surface area contributed by atoms with Gasteiger partial charge >= 0.3 is 0 Å². The summed E-state index contributed by atoms with van der Waals surface area (Å²) in [6.45, 7) is 3.98. The van der Waals surface area contributed by atoms with Crippen LogP contribution in [0.2, 0.25) is 0 Å². The van der Waals surface area contributed by atoms with Gasteiger partial charge in [0, 0.05) is 23.6 Å². The van der Waals surface area contributed by atoms with Gasteiger partial charge in [-0.3, -0.25) is 4.79 Å². The molecule has 2 atom stereocenters. The first kappa shape index (κ1) is 19.4. The number of methoxy groups -OCH3 is 1. The van der Waals surface area contributed by atoms with E-state index in [1.54, 1.807) is 6.07 Å². The summed E-state index contributed by atoms with van der Waals surface area (Å²) in [6, 6.07) is 13.4. The van der Waals surface area contributed by atoms with Crippen molar-refractivity contribution < 1.29 is 19.2 Å². The van der Waals surface area contributed by atoms with E-state index in [4.69, 9.17) is 9.26 Å². The molecule has 0 spiro atoms. The Balaban J connectivity index is 1.61. The number of allylic oxidation sites excluding steroid dienone is 2. The lowest BCUT2D eigenvalue weighted by Gasteiger charge is -2.35. The van der Waals surface area contributed by atoms with Gasteiger partial charge in [-0.05, 0) is 55.0 Å². The van der Waals surface area contributed by atoms with Crippen LogP contribution in [0.3, 0.4) is 0 Å². The largest absolute Gasteiger partial charge is 0.504 e. The second-order valence-electron chi connectivity index (χ2n) is 8.28. The van der Waals surface area contributed by atoms with E-state index >= 15 is 0 Å². The second-order valence-corrected chi connectivity index (χ2v) is 8.28. The van der Waals surface area contributed by atoms with Crippen LogP contribution in [0.5, 0.6) is 11.5 Å². The highest BCUT2D eigenvalue weighted by molar-refractivity contribution is 6.01. The lowest BCUT2D eigenvalue weighted by atomic mass is 9.71. The van der Waals surface area contributed by atoms with Crippen molar-refractivity contribution in [3.8, 4) is 11.5 Å². The van der Waals surface area contributed by atoms with E-state index in [1.165, 1.54) is 7.11 Å². The summed E-state index contributed by atoms with van der Waals surface area (Å²) in [5.74, 6) is 1.02. The minimum Gasteiger partial charge on any atom is -0.504 e. The number of hydrogen-bond donors (Lipinski definition) is 2. The number of ketones is 1. The summed E-state index contributed by atoms with van der Waals surface area (Å²) in [6.07, 6.45) is 1.06. The van der Waals surface area contributed by atoms with Crippen LogP contribution in [0.15, 0.2) is 58.3 Å². The number of aromatic nitrogens is 1. The van der Waals surface area contributed by atoms with Gasteiger partial charge in [-0.1, -0.05) is 35.5 Å². The molecule has 1 aliphatic heterocycles. The van der Waals surface area contributed by atoms with Crippen LogP contribution in [-0.2, 0) is 4.79 Å². The van der Waals surface area contributed by atoms with Gasteiger partial charge in [0.1, 0.15) is 0 Å². The minimum absolute atomic E-state index is 0.0173. The Labute approximate surface area is 180 Å². The van der Waals surface area contributed by atoms with Gasteiger partial charge in [0.15, 0.2) is 17.3 Å². The molecule has 2 N–H and O–H groups in total. The minimum atomic E-state index is -0.193.